The molecule has 1 aromatic carbocycles. The number of ether oxygens (including phenoxy) is 1. The van der Waals surface area contributed by atoms with E-state index in [1.54, 1.807) is 0 Å². The molecule has 0 aliphatic carbocycles. The van der Waals surface area contributed by atoms with Gasteiger partial charge in [0.15, 0.2) is 0 Å². The van der Waals surface area contributed by atoms with Crippen LogP contribution in [0.5, 0.6) is 5.75 Å². The van der Waals surface area contributed by atoms with E-state index in [-0.39, 0.29) is 28.7 Å². The van der Waals surface area contributed by atoms with E-state index in [0.717, 1.165) is 29.5 Å². The van der Waals surface area contributed by atoms with Gasteiger partial charge in [-0.15, -0.1) is 0 Å². The number of carbonyl (C=O) groups excluding carboxylic acids is 2. The zero-order chi connectivity index (χ0) is 23.7. The maximum Gasteiger partial charge on any atom is 0.251 e. The summed E-state index contributed by atoms with van der Waals surface area (Å²) in [6, 6.07) is 4.10. The molecule has 2 aliphatic rings. The molecule has 1 unspecified atom stereocenters. The van der Waals surface area contributed by atoms with E-state index >= 15 is 0 Å². The highest BCUT2D eigenvalue weighted by molar-refractivity contribution is 5.82. The normalized spacial score (nSPS) is 20.0. The molecule has 3 rings (SSSR count). The lowest BCUT2D eigenvalue weighted by molar-refractivity contribution is -0.146. The van der Waals surface area contributed by atoms with Crippen LogP contribution in [-0.2, 0) is 31.6 Å². The molecule has 1 aromatic rings. The molecule has 6 nitrogen and oxygen atoms in total. The molecule has 0 aromatic heterocycles. The quantitative estimate of drug-likeness (QED) is 0.768. The minimum absolute atomic E-state index is 0.0723. The Morgan fingerprint density at radius 1 is 0.969 bits per heavy atom. The second kappa shape index (κ2) is 9.42. The third-order valence-corrected chi connectivity index (χ3v) is 6.56. The first-order valence-electron chi connectivity index (χ1n) is 11.9. The molecule has 1 N–H and O–H groups in total. The molecular weight excluding hydrogens is 404 g/mol. The van der Waals surface area contributed by atoms with Gasteiger partial charge < -0.3 is 19.6 Å². The Bertz CT molecular complexity index is 801. The Morgan fingerprint density at radius 3 is 1.97 bits per heavy atom. The van der Waals surface area contributed by atoms with Crippen LogP contribution in [0.15, 0.2) is 12.1 Å². The van der Waals surface area contributed by atoms with Crippen molar-refractivity contribution < 1.29 is 19.4 Å². The monoisotopic (exact) mass is 444 g/mol. The Hall–Kier alpha value is -2.08. The van der Waals surface area contributed by atoms with Crippen LogP contribution in [0.4, 0.5) is 0 Å². The smallest absolute Gasteiger partial charge is 0.251 e. The van der Waals surface area contributed by atoms with Crippen LogP contribution in [-0.4, -0.2) is 65.6 Å². The Morgan fingerprint density at radius 2 is 1.50 bits per heavy atom. The molecule has 2 aliphatic heterocycles. The van der Waals surface area contributed by atoms with E-state index in [9.17, 15) is 14.7 Å². The number of hydrogen-bond donors (Lipinski definition) is 1. The lowest BCUT2D eigenvalue weighted by Gasteiger charge is -2.36. The fourth-order valence-electron chi connectivity index (χ4n) is 4.54. The van der Waals surface area contributed by atoms with Crippen molar-refractivity contribution in [2.45, 2.75) is 84.2 Å². The number of benzene rings is 1. The van der Waals surface area contributed by atoms with E-state index in [2.05, 4.69) is 53.7 Å². The number of aryl methyl sites for hydroxylation is 1. The standard InChI is InChI=1S/C26H40N2O4/c1-25(2,3)19-16-18(17-20(23(19)30)26(4,5)6)9-10-22(29)27-11-13-28(14-12-27)24(31)21-8-7-15-32-21/h16-17,21,30H,7-15H2,1-6H3. The van der Waals surface area contributed by atoms with E-state index in [4.69, 9.17) is 4.74 Å². The molecule has 32 heavy (non-hydrogen) atoms. The van der Waals surface area contributed by atoms with Gasteiger partial charge in [0.05, 0.1) is 0 Å². The third-order valence-electron chi connectivity index (χ3n) is 6.56. The van der Waals surface area contributed by atoms with E-state index < -0.39 is 0 Å². The second-order valence-corrected chi connectivity index (χ2v) is 11.2. The third kappa shape index (κ3) is 5.64. The first-order chi connectivity index (χ1) is 14.9. The maximum atomic E-state index is 12.9. The molecule has 0 radical (unpaired) electrons. The number of hydrogen-bond acceptors (Lipinski definition) is 4. The Kier molecular flexibility index (Phi) is 7.23. The molecule has 2 fully saturated rings. The maximum absolute atomic E-state index is 12.9. The van der Waals surface area contributed by atoms with E-state index in [1.165, 1.54) is 0 Å². The summed E-state index contributed by atoms with van der Waals surface area (Å²) in [7, 11) is 0. The van der Waals surface area contributed by atoms with Crippen LogP contribution < -0.4 is 0 Å². The summed E-state index contributed by atoms with van der Waals surface area (Å²) in [4.78, 5) is 29.1. The summed E-state index contributed by atoms with van der Waals surface area (Å²) in [5.41, 5.74) is 2.56. The van der Waals surface area contributed by atoms with Crippen LogP contribution in [0.3, 0.4) is 0 Å². The largest absolute Gasteiger partial charge is 0.507 e. The van der Waals surface area contributed by atoms with Crippen molar-refractivity contribution >= 4 is 11.8 Å². The van der Waals surface area contributed by atoms with Crippen LogP contribution in [0, 0.1) is 0 Å². The van der Waals surface area contributed by atoms with Gasteiger partial charge in [0, 0.05) is 39.2 Å². The fourth-order valence-corrected chi connectivity index (χ4v) is 4.54. The molecule has 2 saturated heterocycles. The molecule has 178 valence electrons. The van der Waals surface area contributed by atoms with Crippen LogP contribution in [0.2, 0.25) is 0 Å². The topological polar surface area (TPSA) is 70.1 Å². The molecule has 0 bridgehead atoms. The average molecular weight is 445 g/mol. The lowest BCUT2D eigenvalue weighted by Crippen LogP contribution is -2.52. The van der Waals surface area contributed by atoms with Crippen molar-refractivity contribution in [2.24, 2.45) is 0 Å². The Labute approximate surface area is 192 Å². The number of piperazine rings is 1. The zero-order valence-electron chi connectivity index (χ0n) is 20.7. The first-order valence-corrected chi connectivity index (χ1v) is 11.9. The number of aromatic hydroxyl groups is 1. The van der Waals surface area contributed by atoms with Gasteiger partial charge in [0.1, 0.15) is 11.9 Å². The van der Waals surface area contributed by atoms with E-state index in [0.29, 0.717) is 51.4 Å². The van der Waals surface area contributed by atoms with Crippen molar-refractivity contribution in [1.29, 1.82) is 0 Å². The van der Waals surface area contributed by atoms with Gasteiger partial charge in [-0.3, -0.25) is 9.59 Å². The predicted molar refractivity (Wildman–Crippen MR) is 126 cm³/mol. The first kappa shape index (κ1) is 24.6. The Balaban J connectivity index is 1.62. The van der Waals surface area contributed by atoms with Crippen LogP contribution >= 0.6 is 0 Å². The molecular formula is C26H40N2O4. The minimum Gasteiger partial charge on any atom is -0.507 e. The lowest BCUT2D eigenvalue weighted by atomic mass is 9.78. The molecule has 1 atom stereocenters. The molecule has 0 spiro atoms. The van der Waals surface area contributed by atoms with Crippen molar-refractivity contribution in [3.05, 3.63) is 28.8 Å². The van der Waals surface area contributed by atoms with Gasteiger partial charge in [-0.2, -0.15) is 0 Å². The predicted octanol–water partition coefficient (Wildman–Crippen LogP) is 3.77. The summed E-state index contributed by atoms with van der Waals surface area (Å²) in [6.07, 6.45) is 2.52. The molecule has 6 heteroatoms. The molecule has 0 saturated carbocycles. The van der Waals surface area contributed by atoms with Crippen molar-refractivity contribution in [3.8, 4) is 5.75 Å². The average Bonchev–Trinajstić information content (AvgIpc) is 3.25. The highest BCUT2D eigenvalue weighted by Crippen LogP contribution is 2.40. The van der Waals surface area contributed by atoms with Gasteiger partial charge in [0.25, 0.3) is 5.91 Å². The van der Waals surface area contributed by atoms with Gasteiger partial charge in [-0.05, 0) is 46.8 Å². The summed E-state index contributed by atoms with van der Waals surface area (Å²) in [6.45, 7) is 15.6. The number of phenols is 1. The van der Waals surface area contributed by atoms with Gasteiger partial charge in [0.2, 0.25) is 5.91 Å². The number of carbonyl (C=O) groups is 2. The SMILES string of the molecule is CC(C)(C)c1cc(CCC(=O)N2CCN(C(=O)C3CCCO3)CC2)cc(C(C)(C)C)c1O. The highest BCUT2D eigenvalue weighted by atomic mass is 16.5. The van der Waals surface area contributed by atoms with Gasteiger partial charge >= 0.3 is 0 Å². The van der Waals surface area contributed by atoms with Gasteiger partial charge in [-0.1, -0.05) is 53.7 Å². The molecule has 2 amide bonds. The zero-order valence-corrected chi connectivity index (χ0v) is 20.7. The summed E-state index contributed by atoms with van der Waals surface area (Å²) < 4.78 is 5.52. The molecule has 2 heterocycles. The number of amides is 2. The summed E-state index contributed by atoms with van der Waals surface area (Å²) in [5.74, 6) is 0.562. The summed E-state index contributed by atoms with van der Waals surface area (Å²) >= 11 is 0. The number of nitrogens with zero attached hydrogens (tertiary/aromatic N) is 2. The van der Waals surface area contributed by atoms with E-state index in [1.807, 2.05) is 9.80 Å². The number of rotatable bonds is 4. The van der Waals surface area contributed by atoms with Crippen molar-refractivity contribution in [1.82, 2.24) is 9.80 Å². The summed E-state index contributed by atoms with van der Waals surface area (Å²) in [5, 5.41) is 10.9. The van der Waals surface area contributed by atoms with Crippen LogP contribution in [0.25, 0.3) is 0 Å². The van der Waals surface area contributed by atoms with Crippen molar-refractivity contribution in [2.75, 3.05) is 32.8 Å². The number of phenolic OH excluding ortho intramolecular Hbond substituents is 1. The van der Waals surface area contributed by atoms with Crippen molar-refractivity contribution in [3.63, 3.8) is 0 Å². The fraction of sp³-hybridized carbons (Fsp3) is 0.692. The second-order valence-electron chi connectivity index (χ2n) is 11.2. The minimum atomic E-state index is -0.291. The van der Waals surface area contributed by atoms with Gasteiger partial charge in [-0.25, -0.2) is 0 Å². The van der Waals surface area contributed by atoms with Crippen LogP contribution in [0.1, 0.15) is 77.5 Å². The highest BCUT2D eigenvalue weighted by Gasteiger charge is 2.31.